The minimum Gasteiger partial charge on any atom is -0.479 e. The first-order valence-corrected chi connectivity index (χ1v) is 6.44. The lowest BCUT2D eigenvalue weighted by Crippen LogP contribution is -2.41. The standard InChI is InChI=1S/C15H12ClF2NO2/c1-15(14(20)21,10-7-6-9(17)8-12(10)18)19-13-5-3-2-4-11(13)16/h2-8,19H,1H3,(H,20,21). The number of carboxylic acids is 1. The summed E-state index contributed by atoms with van der Waals surface area (Å²) in [6.07, 6.45) is 0. The summed E-state index contributed by atoms with van der Waals surface area (Å²) in [5, 5.41) is 12.5. The molecule has 2 aromatic rings. The minimum absolute atomic E-state index is 0.184. The first-order valence-electron chi connectivity index (χ1n) is 6.06. The number of nitrogens with one attached hydrogen (secondary N) is 1. The van der Waals surface area contributed by atoms with Gasteiger partial charge in [-0.25, -0.2) is 13.6 Å². The predicted octanol–water partition coefficient (Wildman–Crippen LogP) is 4.03. The number of benzene rings is 2. The van der Waals surface area contributed by atoms with Crippen molar-refractivity contribution >= 4 is 23.3 Å². The topological polar surface area (TPSA) is 49.3 Å². The number of hydrogen-bond acceptors (Lipinski definition) is 2. The van der Waals surface area contributed by atoms with Gasteiger partial charge in [-0.1, -0.05) is 29.8 Å². The largest absolute Gasteiger partial charge is 0.479 e. The molecule has 0 aliphatic rings. The SMILES string of the molecule is CC(Nc1ccccc1Cl)(C(=O)O)c1ccc(F)cc1F. The minimum atomic E-state index is -1.79. The number of carboxylic acid groups (broad SMARTS) is 1. The monoisotopic (exact) mass is 311 g/mol. The van der Waals surface area contributed by atoms with E-state index in [1.165, 1.54) is 6.92 Å². The van der Waals surface area contributed by atoms with Crippen LogP contribution >= 0.6 is 11.6 Å². The molecule has 0 saturated heterocycles. The van der Waals surface area contributed by atoms with E-state index in [2.05, 4.69) is 5.32 Å². The Balaban J connectivity index is 2.51. The second-order valence-electron chi connectivity index (χ2n) is 4.66. The highest BCUT2D eigenvalue weighted by atomic mass is 35.5. The Bertz CT molecular complexity index is 693. The fourth-order valence-corrected chi connectivity index (χ4v) is 2.15. The van der Waals surface area contributed by atoms with Crippen molar-refractivity contribution in [1.29, 1.82) is 0 Å². The first-order chi connectivity index (χ1) is 9.84. The van der Waals surface area contributed by atoms with Crippen LogP contribution in [0.1, 0.15) is 12.5 Å². The van der Waals surface area contributed by atoms with Crippen molar-refractivity contribution < 1.29 is 18.7 Å². The van der Waals surface area contributed by atoms with E-state index in [-0.39, 0.29) is 5.56 Å². The third kappa shape index (κ3) is 2.97. The van der Waals surface area contributed by atoms with E-state index in [1.54, 1.807) is 24.3 Å². The molecule has 1 atom stereocenters. The summed E-state index contributed by atoms with van der Waals surface area (Å²) in [6.45, 7) is 1.29. The van der Waals surface area contributed by atoms with Crippen LogP contribution in [-0.2, 0) is 10.3 Å². The van der Waals surface area contributed by atoms with E-state index >= 15 is 0 Å². The molecule has 1 unspecified atom stereocenters. The van der Waals surface area contributed by atoms with Crippen LogP contribution in [0, 0.1) is 11.6 Å². The molecule has 21 heavy (non-hydrogen) atoms. The van der Waals surface area contributed by atoms with Gasteiger partial charge in [0.05, 0.1) is 10.7 Å². The molecule has 0 radical (unpaired) electrons. The van der Waals surface area contributed by atoms with E-state index in [0.717, 1.165) is 12.1 Å². The summed E-state index contributed by atoms with van der Waals surface area (Å²) in [7, 11) is 0. The van der Waals surface area contributed by atoms with Crippen molar-refractivity contribution in [1.82, 2.24) is 0 Å². The average molecular weight is 312 g/mol. The summed E-state index contributed by atoms with van der Waals surface area (Å²) in [5.41, 5.74) is -1.63. The average Bonchev–Trinajstić information content (AvgIpc) is 2.41. The molecule has 2 rings (SSSR count). The van der Waals surface area contributed by atoms with Gasteiger partial charge in [-0.05, 0) is 25.1 Å². The van der Waals surface area contributed by atoms with Crippen LogP contribution in [0.4, 0.5) is 14.5 Å². The zero-order valence-electron chi connectivity index (χ0n) is 11.0. The smallest absolute Gasteiger partial charge is 0.333 e. The van der Waals surface area contributed by atoms with E-state index in [9.17, 15) is 18.7 Å². The molecule has 0 amide bonds. The highest BCUT2D eigenvalue weighted by Crippen LogP contribution is 2.32. The molecular weight excluding hydrogens is 300 g/mol. The summed E-state index contributed by atoms with van der Waals surface area (Å²) in [6, 6.07) is 9.25. The van der Waals surface area contributed by atoms with Gasteiger partial charge in [0.1, 0.15) is 11.6 Å². The van der Waals surface area contributed by atoms with Gasteiger partial charge >= 0.3 is 5.97 Å². The maximum atomic E-state index is 13.9. The number of anilines is 1. The van der Waals surface area contributed by atoms with Crippen molar-refractivity contribution in [2.75, 3.05) is 5.32 Å². The Morgan fingerprint density at radius 3 is 2.48 bits per heavy atom. The number of carbonyl (C=O) groups is 1. The van der Waals surface area contributed by atoms with E-state index in [0.29, 0.717) is 16.8 Å². The molecule has 0 bridgehead atoms. The van der Waals surface area contributed by atoms with Crippen molar-refractivity contribution in [3.05, 3.63) is 64.7 Å². The third-order valence-electron chi connectivity index (χ3n) is 3.16. The normalized spacial score (nSPS) is 13.5. The van der Waals surface area contributed by atoms with Gasteiger partial charge in [0.25, 0.3) is 0 Å². The molecule has 0 spiro atoms. The molecule has 0 heterocycles. The van der Waals surface area contributed by atoms with Crippen LogP contribution < -0.4 is 5.32 Å². The summed E-state index contributed by atoms with van der Waals surface area (Å²) in [5.74, 6) is -3.03. The highest BCUT2D eigenvalue weighted by molar-refractivity contribution is 6.33. The van der Waals surface area contributed by atoms with Gasteiger partial charge in [-0.3, -0.25) is 0 Å². The summed E-state index contributed by atoms with van der Waals surface area (Å²) < 4.78 is 26.9. The Hall–Kier alpha value is -2.14. The van der Waals surface area contributed by atoms with Crippen LogP contribution in [0.2, 0.25) is 5.02 Å². The number of rotatable bonds is 4. The summed E-state index contributed by atoms with van der Waals surface area (Å²) >= 11 is 5.98. The molecule has 0 aromatic heterocycles. The molecule has 3 nitrogen and oxygen atoms in total. The molecule has 0 aliphatic heterocycles. The zero-order valence-corrected chi connectivity index (χ0v) is 11.8. The lowest BCUT2D eigenvalue weighted by Gasteiger charge is -2.28. The van der Waals surface area contributed by atoms with Gasteiger partial charge in [-0.2, -0.15) is 0 Å². The highest BCUT2D eigenvalue weighted by Gasteiger charge is 2.38. The van der Waals surface area contributed by atoms with E-state index in [1.807, 2.05) is 0 Å². The van der Waals surface area contributed by atoms with Gasteiger partial charge < -0.3 is 10.4 Å². The molecule has 2 aromatic carbocycles. The Kier molecular flexibility index (Phi) is 4.14. The fourth-order valence-electron chi connectivity index (χ4n) is 1.96. The molecule has 110 valence electrons. The van der Waals surface area contributed by atoms with Crippen LogP contribution in [0.25, 0.3) is 0 Å². The predicted molar refractivity (Wildman–Crippen MR) is 76.4 cm³/mol. The molecule has 0 fully saturated rings. The molecule has 0 aliphatic carbocycles. The van der Waals surface area contributed by atoms with Gasteiger partial charge in [0.2, 0.25) is 0 Å². The second-order valence-corrected chi connectivity index (χ2v) is 5.07. The van der Waals surface area contributed by atoms with Gasteiger partial charge in [0, 0.05) is 11.6 Å². The third-order valence-corrected chi connectivity index (χ3v) is 3.49. The summed E-state index contributed by atoms with van der Waals surface area (Å²) in [4.78, 5) is 11.6. The molecular formula is C15H12ClF2NO2. The number of para-hydroxylation sites is 1. The van der Waals surface area contributed by atoms with Crippen molar-refractivity contribution in [2.24, 2.45) is 0 Å². The number of aliphatic carboxylic acids is 1. The van der Waals surface area contributed by atoms with Crippen molar-refractivity contribution in [3.63, 3.8) is 0 Å². The van der Waals surface area contributed by atoms with Crippen molar-refractivity contribution in [3.8, 4) is 0 Å². The molecule has 0 saturated carbocycles. The number of halogens is 3. The maximum absolute atomic E-state index is 13.9. The fraction of sp³-hybridized carbons (Fsp3) is 0.133. The lowest BCUT2D eigenvalue weighted by atomic mass is 9.91. The van der Waals surface area contributed by atoms with Gasteiger partial charge in [0.15, 0.2) is 5.54 Å². The quantitative estimate of drug-likeness (QED) is 0.896. The van der Waals surface area contributed by atoms with Crippen LogP contribution in [0.5, 0.6) is 0 Å². The van der Waals surface area contributed by atoms with Crippen LogP contribution in [-0.4, -0.2) is 11.1 Å². The first kappa shape index (κ1) is 15.3. The van der Waals surface area contributed by atoms with Crippen molar-refractivity contribution in [2.45, 2.75) is 12.5 Å². The lowest BCUT2D eigenvalue weighted by molar-refractivity contribution is -0.142. The second kappa shape index (κ2) is 5.69. The number of hydrogen-bond donors (Lipinski definition) is 2. The Labute approximate surface area is 125 Å². The Morgan fingerprint density at radius 1 is 1.24 bits per heavy atom. The Morgan fingerprint density at radius 2 is 1.90 bits per heavy atom. The van der Waals surface area contributed by atoms with E-state index < -0.39 is 23.1 Å². The van der Waals surface area contributed by atoms with Crippen LogP contribution in [0.15, 0.2) is 42.5 Å². The maximum Gasteiger partial charge on any atom is 0.333 e. The molecule has 6 heteroatoms. The zero-order chi connectivity index (χ0) is 15.6. The van der Waals surface area contributed by atoms with Gasteiger partial charge in [-0.15, -0.1) is 0 Å². The molecule has 2 N–H and O–H groups in total. The van der Waals surface area contributed by atoms with E-state index in [4.69, 9.17) is 11.6 Å². The van der Waals surface area contributed by atoms with Crippen LogP contribution in [0.3, 0.4) is 0 Å².